The lowest BCUT2D eigenvalue weighted by Crippen LogP contribution is -2.37. The van der Waals surface area contributed by atoms with Crippen molar-refractivity contribution in [2.45, 2.75) is 24.8 Å². The Bertz CT molecular complexity index is 1000. The predicted octanol–water partition coefficient (Wildman–Crippen LogP) is 2.00. The van der Waals surface area contributed by atoms with Crippen LogP contribution in [0.15, 0.2) is 23.0 Å². The van der Waals surface area contributed by atoms with E-state index < -0.39 is 0 Å². The third-order valence-electron chi connectivity index (χ3n) is 5.40. The molecule has 2 aliphatic heterocycles. The number of amides is 1. The fourth-order valence-corrected chi connectivity index (χ4v) is 3.67. The van der Waals surface area contributed by atoms with Crippen LogP contribution in [0.4, 0.5) is 4.79 Å². The Kier molecular flexibility index (Phi) is 4.19. The number of methoxy groups -OCH3 is 1. The summed E-state index contributed by atoms with van der Waals surface area (Å²) < 4.78 is 17.5. The molecule has 0 atom stereocenters. The average Bonchev–Trinajstić information content (AvgIpc) is 3.34. The maximum Gasteiger partial charge on any atom is 0.409 e. The highest BCUT2D eigenvalue weighted by Gasteiger charge is 2.28. The minimum absolute atomic E-state index is 0.160. The molecule has 10 nitrogen and oxygen atoms in total. The van der Waals surface area contributed by atoms with Crippen molar-refractivity contribution in [3.8, 4) is 11.5 Å². The molecule has 2 aliphatic rings. The first-order valence-corrected chi connectivity index (χ1v) is 9.31. The van der Waals surface area contributed by atoms with E-state index in [2.05, 4.69) is 20.2 Å². The number of fused-ring (bicyclic) bond motifs is 1. The van der Waals surface area contributed by atoms with E-state index in [1.807, 2.05) is 10.7 Å². The van der Waals surface area contributed by atoms with Gasteiger partial charge >= 0.3 is 6.09 Å². The molecule has 0 unspecified atom stereocenters. The zero-order valence-electron chi connectivity index (χ0n) is 15.4. The molecule has 0 radical (unpaired) electrons. The monoisotopic (exact) mass is 384 g/mol. The first-order valence-electron chi connectivity index (χ1n) is 9.31. The molecule has 2 fully saturated rings. The van der Waals surface area contributed by atoms with Gasteiger partial charge in [0.15, 0.2) is 5.82 Å². The topological polar surface area (TPSA) is 108 Å². The van der Waals surface area contributed by atoms with Gasteiger partial charge in [0.1, 0.15) is 5.52 Å². The number of carbonyl (C=O) groups is 1. The quantitative estimate of drug-likeness (QED) is 0.675. The molecule has 0 N–H and O–H groups in total. The molecule has 5 rings (SSSR count). The maximum absolute atomic E-state index is 11.6. The van der Waals surface area contributed by atoms with Crippen molar-refractivity contribution in [3.05, 3.63) is 24.3 Å². The molecule has 5 heterocycles. The lowest BCUT2D eigenvalue weighted by molar-refractivity contribution is -0.0266. The van der Waals surface area contributed by atoms with Gasteiger partial charge in [-0.15, -0.1) is 0 Å². The van der Waals surface area contributed by atoms with Crippen LogP contribution >= 0.6 is 0 Å². The van der Waals surface area contributed by atoms with Crippen molar-refractivity contribution in [1.29, 1.82) is 0 Å². The predicted molar refractivity (Wildman–Crippen MR) is 96.6 cm³/mol. The fourth-order valence-electron chi connectivity index (χ4n) is 3.67. The highest BCUT2D eigenvalue weighted by atomic mass is 16.5. The van der Waals surface area contributed by atoms with Gasteiger partial charge in [-0.25, -0.2) is 4.79 Å². The van der Waals surface area contributed by atoms with Gasteiger partial charge in [0.05, 0.1) is 43.6 Å². The molecule has 28 heavy (non-hydrogen) atoms. The van der Waals surface area contributed by atoms with Crippen LogP contribution in [0.2, 0.25) is 0 Å². The molecule has 10 heteroatoms. The summed E-state index contributed by atoms with van der Waals surface area (Å²) in [5.74, 6) is 1.27. The van der Waals surface area contributed by atoms with E-state index in [0.717, 1.165) is 29.4 Å². The SMILES string of the molecule is COC(=O)N1CCC(c2noc(-c3cnc4cnn(C5COC5)c4c3)n2)CC1. The van der Waals surface area contributed by atoms with Crippen LogP contribution in [0.25, 0.3) is 22.5 Å². The Balaban J connectivity index is 1.35. The van der Waals surface area contributed by atoms with Crippen molar-refractivity contribution >= 4 is 17.1 Å². The second-order valence-corrected chi connectivity index (χ2v) is 7.10. The lowest BCUT2D eigenvalue weighted by Gasteiger charge is -2.29. The summed E-state index contributed by atoms with van der Waals surface area (Å²) in [7, 11) is 1.40. The van der Waals surface area contributed by atoms with Crippen LogP contribution in [0.5, 0.6) is 0 Å². The molecular formula is C18H20N6O4. The largest absolute Gasteiger partial charge is 0.453 e. The average molecular weight is 384 g/mol. The van der Waals surface area contributed by atoms with Gasteiger partial charge in [-0.1, -0.05) is 5.16 Å². The minimum atomic E-state index is -0.292. The highest BCUT2D eigenvalue weighted by Crippen LogP contribution is 2.29. The zero-order valence-corrected chi connectivity index (χ0v) is 15.4. The van der Waals surface area contributed by atoms with E-state index in [1.54, 1.807) is 17.3 Å². The van der Waals surface area contributed by atoms with Gasteiger partial charge in [0.2, 0.25) is 0 Å². The third kappa shape index (κ3) is 2.89. The summed E-state index contributed by atoms with van der Waals surface area (Å²) in [5, 5.41) is 8.59. The zero-order chi connectivity index (χ0) is 19.1. The number of aromatic nitrogens is 5. The molecule has 0 saturated carbocycles. The van der Waals surface area contributed by atoms with Crippen molar-refractivity contribution in [3.63, 3.8) is 0 Å². The second kappa shape index (κ2) is 6.86. The number of likely N-dealkylation sites (tertiary alicyclic amines) is 1. The van der Waals surface area contributed by atoms with E-state index >= 15 is 0 Å². The van der Waals surface area contributed by atoms with Gasteiger partial charge in [-0.3, -0.25) is 9.67 Å². The standard InChI is InChI=1S/C18H20N6O4/c1-26-18(25)23-4-2-11(3-5-23)16-21-17(28-22-16)12-6-15-14(19-7-12)8-20-24(15)13-9-27-10-13/h6-8,11,13H,2-5,9-10H2,1H3. The van der Waals surface area contributed by atoms with Gasteiger partial charge in [-0.2, -0.15) is 10.1 Å². The van der Waals surface area contributed by atoms with Crippen molar-refractivity contribution in [1.82, 2.24) is 29.8 Å². The van der Waals surface area contributed by atoms with Crippen molar-refractivity contribution in [2.24, 2.45) is 0 Å². The van der Waals surface area contributed by atoms with Gasteiger partial charge in [0.25, 0.3) is 5.89 Å². The number of nitrogens with zero attached hydrogens (tertiary/aromatic N) is 6. The van der Waals surface area contributed by atoms with E-state index in [0.29, 0.717) is 38.0 Å². The second-order valence-electron chi connectivity index (χ2n) is 7.10. The summed E-state index contributed by atoms with van der Waals surface area (Å²) in [6, 6.07) is 2.22. The maximum atomic E-state index is 11.6. The van der Waals surface area contributed by atoms with E-state index in [1.165, 1.54) is 7.11 Å². The van der Waals surface area contributed by atoms with Gasteiger partial charge in [-0.05, 0) is 18.9 Å². The Labute approximate surface area is 160 Å². The smallest absolute Gasteiger partial charge is 0.409 e. The van der Waals surface area contributed by atoms with Crippen LogP contribution in [-0.2, 0) is 9.47 Å². The van der Waals surface area contributed by atoms with Crippen LogP contribution in [0.3, 0.4) is 0 Å². The van der Waals surface area contributed by atoms with Crippen molar-refractivity contribution < 1.29 is 18.8 Å². The van der Waals surface area contributed by atoms with Crippen LogP contribution in [0.1, 0.15) is 30.6 Å². The summed E-state index contributed by atoms with van der Waals surface area (Å²) in [5.41, 5.74) is 2.52. The Morgan fingerprint density at radius 2 is 2.07 bits per heavy atom. The number of ether oxygens (including phenoxy) is 2. The van der Waals surface area contributed by atoms with E-state index in [4.69, 9.17) is 14.0 Å². The minimum Gasteiger partial charge on any atom is -0.453 e. The summed E-state index contributed by atoms with van der Waals surface area (Å²) in [6.07, 6.45) is 4.74. The molecule has 3 aromatic heterocycles. The van der Waals surface area contributed by atoms with Gasteiger partial charge < -0.3 is 18.9 Å². The molecular weight excluding hydrogens is 364 g/mol. The molecule has 0 spiro atoms. The number of hydrogen-bond donors (Lipinski definition) is 0. The van der Waals surface area contributed by atoms with E-state index in [-0.39, 0.29) is 18.1 Å². The summed E-state index contributed by atoms with van der Waals surface area (Å²) in [6.45, 7) is 2.57. The molecule has 2 saturated heterocycles. The third-order valence-corrected chi connectivity index (χ3v) is 5.40. The highest BCUT2D eigenvalue weighted by molar-refractivity contribution is 5.78. The molecule has 0 aliphatic carbocycles. The Hall–Kier alpha value is -3.01. The van der Waals surface area contributed by atoms with E-state index in [9.17, 15) is 4.79 Å². The molecule has 3 aromatic rings. The molecule has 146 valence electrons. The summed E-state index contributed by atoms with van der Waals surface area (Å²) in [4.78, 5) is 22.4. The van der Waals surface area contributed by atoms with Crippen molar-refractivity contribution in [2.75, 3.05) is 33.4 Å². The molecule has 1 amide bonds. The number of hydrogen-bond acceptors (Lipinski definition) is 8. The molecule has 0 aromatic carbocycles. The Morgan fingerprint density at radius 3 is 2.79 bits per heavy atom. The van der Waals surface area contributed by atoms with Crippen LogP contribution < -0.4 is 0 Å². The number of piperidine rings is 1. The van der Waals surface area contributed by atoms with Crippen LogP contribution in [0, 0.1) is 0 Å². The number of carbonyl (C=O) groups excluding carboxylic acids is 1. The fraction of sp³-hybridized carbons (Fsp3) is 0.500. The normalized spacial score (nSPS) is 18.4. The first-order chi connectivity index (χ1) is 13.7. The van der Waals surface area contributed by atoms with Crippen LogP contribution in [-0.4, -0.2) is 69.3 Å². The number of pyridine rings is 1. The Morgan fingerprint density at radius 1 is 1.25 bits per heavy atom. The summed E-state index contributed by atoms with van der Waals surface area (Å²) >= 11 is 0. The molecule has 0 bridgehead atoms. The lowest BCUT2D eigenvalue weighted by atomic mass is 9.96. The van der Waals surface area contributed by atoms with Gasteiger partial charge in [0, 0.05) is 25.2 Å². The first kappa shape index (κ1) is 17.1. The number of rotatable bonds is 3.